The maximum atomic E-state index is 13.9. The number of nitrogens with two attached hydrogens (primary N) is 1. The molecule has 0 heterocycles. The second kappa shape index (κ2) is 5.62. The van der Waals surface area contributed by atoms with Gasteiger partial charge in [-0.2, -0.15) is 0 Å². The van der Waals surface area contributed by atoms with Crippen LogP contribution in [0.1, 0.15) is 44.1 Å². The Bertz CT molecular complexity index is 546. The first-order valence-corrected chi connectivity index (χ1v) is 7.61. The third-order valence-electron chi connectivity index (χ3n) is 4.62. The molecule has 2 saturated carbocycles. The lowest BCUT2D eigenvalue weighted by Gasteiger charge is -2.16. The van der Waals surface area contributed by atoms with E-state index in [4.69, 9.17) is 5.73 Å². The van der Waals surface area contributed by atoms with Crippen LogP contribution in [0.15, 0.2) is 23.2 Å². The number of rotatable bonds is 4. The molecule has 0 unspecified atom stereocenters. The van der Waals surface area contributed by atoms with Crippen molar-refractivity contribution >= 4 is 5.96 Å². The molecule has 3 N–H and O–H groups in total. The molecule has 2 fully saturated rings. The van der Waals surface area contributed by atoms with Crippen LogP contribution in [-0.2, 0) is 5.41 Å². The number of hydrogen-bond acceptors (Lipinski definition) is 1. The summed E-state index contributed by atoms with van der Waals surface area (Å²) in [5.74, 6) is -0.585. The predicted molar refractivity (Wildman–Crippen MR) is 79.2 cm³/mol. The number of benzene rings is 1. The zero-order valence-electron chi connectivity index (χ0n) is 12.0. The van der Waals surface area contributed by atoms with Crippen molar-refractivity contribution in [2.75, 3.05) is 6.54 Å². The van der Waals surface area contributed by atoms with E-state index < -0.39 is 11.6 Å². The van der Waals surface area contributed by atoms with Crippen molar-refractivity contribution in [1.29, 1.82) is 0 Å². The number of halogens is 2. The van der Waals surface area contributed by atoms with Gasteiger partial charge in [-0.15, -0.1) is 0 Å². The first-order valence-electron chi connectivity index (χ1n) is 7.61. The van der Waals surface area contributed by atoms with Crippen molar-refractivity contribution in [3.8, 4) is 0 Å². The Labute approximate surface area is 123 Å². The largest absolute Gasteiger partial charge is 0.370 e. The molecule has 0 radical (unpaired) electrons. The number of hydrogen-bond donors (Lipinski definition) is 2. The van der Waals surface area contributed by atoms with Crippen LogP contribution in [0.2, 0.25) is 0 Å². The van der Waals surface area contributed by atoms with Crippen molar-refractivity contribution < 1.29 is 8.78 Å². The summed E-state index contributed by atoms with van der Waals surface area (Å²) in [5.41, 5.74) is 6.18. The molecule has 0 aromatic heterocycles. The second-order valence-electron chi connectivity index (χ2n) is 6.23. The molecule has 2 aliphatic rings. The number of guanidine groups is 1. The van der Waals surface area contributed by atoms with Gasteiger partial charge in [0, 0.05) is 17.5 Å². The summed E-state index contributed by atoms with van der Waals surface area (Å²) in [6.07, 6.45) is 6.47. The fourth-order valence-corrected chi connectivity index (χ4v) is 3.14. The van der Waals surface area contributed by atoms with Crippen molar-refractivity contribution in [3.05, 3.63) is 35.4 Å². The minimum atomic E-state index is -0.544. The van der Waals surface area contributed by atoms with Gasteiger partial charge in [-0.3, -0.25) is 4.99 Å². The molecule has 0 saturated heterocycles. The highest BCUT2D eigenvalue weighted by Gasteiger charge is 2.46. The normalized spacial score (nSPS) is 21.5. The predicted octanol–water partition coefficient (Wildman–Crippen LogP) is 2.84. The molecular weight excluding hydrogens is 272 g/mol. The maximum Gasteiger partial charge on any atom is 0.188 e. The molecule has 1 aromatic carbocycles. The van der Waals surface area contributed by atoms with Gasteiger partial charge < -0.3 is 11.1 Å². The van der Waals surface area contributed by atoms with E-state index in [1.165, 1.54) is 25.0 Å². The van der Waals surface area contributed by atoms with Gasteiger partial charge in [-0.25, -0.2) is 8.78 Å². The van der Waals surface area contributed by atoms with E-state index in [0.717, 1.165) is 31.7 Å². The highest BCUT2D eigenvalue weighted by molar-refractivity contribution is 5.78. The molecule has 0 bridgehead atoms. The van der Waals surface area contributed by atoms with Gasteiger partial charge in [-0.05, 0) is 37.3 Å². The van der Waals surface area contributed by atoms with E-state index in [1.807, 2.05) is 0 Å². The first kappa shape index (κ1) is 14.3. The van der Waals surface area contributed by atoms with E-state index in [1.54, 1.807) is 0 Å². The quantitative estimate of drug-likeness (QED) is 0.662. The van der Waals surface area contributed by atoms with Gasteiger partial charge in [0.15, 0.2) is 5.96 Å². The van der Waals surface area contributed by atoms with E-state index in [2.05, 4.69) is 10.3 Å². The monoisotopic (exact) mass is 293 g/mol. The fourth-order valence-electron chi connectivity index (χ4n) is 3.14. The van der Waals surface area contributed by atoms with Crippen molar-refractivity contribution in [2.45, 2.75) is 50.0 Å². The molecule has 3 nitrogen and oxygen atoms in total. The lowest BCUT2D eigenvalue weighted by Crippen LogP contribution is -2.39. The van der Waals surface area contributed by atoms with Crippen LogP contribution in [0.4, 0.5) is 8.78 Å². The Morgan fingerprint density at radius 3 is 2.62 bits per heavy atom. The smallest absolute Gasteiger partial charge is 0.188 e. The van der Waals surface area contributed by atoms with Crippen molar-refractivity contribution in [3.63, 3.8) is 0 Å². The van der Waals surface area contributed by atoms with Gasteiger partial charge in [0.2, 0.25) is 0 Å². The molecule has 3 rings (SSSR count). The van der Waals surface area contributed by atoms with Gasteiger partial charge in [-0.1, -0.05) is 18.9 Å². The summed E-state index contributed by atoms with van der Waals surface area (Å²) >= 11 is 0. The van der Waals surface area contributed by atoms with Gasteiger partial charge in [0.1, 0.15) is 11.6 Å². The Balaban J connectivity index is 1.66. The van der Waals surface area contributed by atoms with Crippen molar-refractivity contribution in [2.24, 2.45) is 10.7 Å². The Morgan fingerprint density at radius 1 is 1.29 bits per heavy atom. The summed E-state index contributed by atoms with van der Waals surface area (Å²) in [6, 6.07) is 4.21. The van der Waals surface area contributed by atoms with Crippen LogP contribution >= 0.6 is 0 Å². The summed E-state index contributed by atoms with van der Waals surface area (Å²) in [4.78, 5) is 4.38. The highest BCUT2D eigenvalue weighted by atomic mass is 19.1. The SMILES string of the molecule is NC(=NCC1(c2ccc(F)cc2F)CC1)NC1CCCC1. The lowest BCUT2D eigenvalue weighted by molar-refractivity contribution is 0.548. The molecule has 21 heavy (non-hydrogen) atoms. The summed E-state index contributed by atoms with van der Waals surface area (Å²) < 4.78 is 26.9. The average molecular weight is 293 g/mol. The van der Waals surface area contributed by atoms with E-state index in [9.17, 15) is 8.78 Å². The molecule has 2 aliphatic carbocycles. The Kier molecular flexibility index (Phi) is 3.83. The molecule has 0 aliphatic heterocycles. The Hall–Kier alpha value is -1.65. The molecule has 5 heteroatoms. The average Bonchev–Trinajstić information content (AvgIpc) is 3.05. The molecular formula is C16H21F2N3. The topological polar surface area (TPSA) is 50.4 Å². The van der Waals surface area contributed by atoms with Gasteiger partial charge in [0.25, 0.3) is 0 Å². The highest BCUT2D eigenvalue weighted by Crippen LogP contribution is 2.49. The fraction of sp³-hybridized carbons (Fsp3) is 0.562. The van der Waals surface area contributed by atoms with E-state index >= 15 is 0 Å². The third kappa shape index (κ3) is 3.17. The van der Waals surface area contributed by atoms with E-state index in [0.29, 0.717) is 24.1 Å². The standard InChI is InChI=1S/C16H21F2N3/c17-11-5-6-13(14(18)9-11)16(7-8-16)10-20-15(19)21-12-3-1-2-4-12/h5-6,9,12H,1-4,7-8,10H2,(H3,19,20,21). The first-order chi connectivity index (χ1) is 10.1. The number of nitrogens with zero attached hydrogens (tertiary/aromatic N) is 1. The lowest BCUT2D eigenvalue weighted by atomic mass is 9.95. The number of aliphatic imine (C=N–C) groups is 1. The van der Waals surface area contributed by atoms with Crippen LogP contribution in [0.25, 0.3) is 0 Å². The summed E-state index contributed by atoms with van der Waals surface area (Å²) in [7, 11) is 0. The van der Waals surface area contributed by atoms with Gasteiger partial charge >= 0.3 is 0 Å². The maximum absolute atomic E-state index is 13.9. The second-order valence-corrected chi connectivity index (χ2v) is 6.23. The van der Waals surface area contributed by atoms with E-state index in [-0.39, 0.29) is 5.41 Å². The minimum Gasteiger partial charge on any atom is -0.370 e. The molecule has 0 spiro atoms. The third-order valence-corrected chi connectivity index (χ3v) is 4.62. The van der Waals surface area contributed by atoms with Crippen LogP contribution in [-0.4, -0.2) is 18.5 Å². The zero-order valence-corrected chi connectivity index (χ0v) is 12.0. The summed E-state index contributed by atoms with van der Waals surface area (Å²) in [6.45, 7) is 0.459. The molecule has 1 aromatic rings. The molecule has 0 atom stereocenters. The summed E-state index contributed by atoms with van der Waals surface area (Å²) in [5, 5.41) is 3.23. The number of nitrogens with one attached hydrogen (secondary N) is 1. The van der Waals surface area contributed by atoms with Crippen molar-refractivity contribution in [1.82, 2.24) is 5.32 Å². The zero-order chi connectivity index (χ0) is 14.9. The van der Waals surface area contributed by atoms with Gasteiger partial charge in [0.05, 0.1) is 6.54 Å². The molecule has 114 valence electrons. The minimum absolute atomic E-state index is 0.292. The van der Waals surface area contributed by atoms with Crippen LogP contribution in [0, 0.1) is 11.6 Å². The van der Waals surface area contributed by atoms with Crippen LogP contribution in [0.5, 0.6) is 0 Å². The van der Waals surface area contributed by atoms with Crippen LogP contribution < -0.4 is 11.1 Å². The van der Waals surface area contributed by atoms with Crippen LogP contribution in [0.3, 0.4) is 0 Å². The molecule has 0 amide bonds. The Morgan fingerprint density at radius 2 is 2.00 bits per heavy atom.